The Kier molecular flexibility index (Phi) is 5.34. The minimum absolute atomic E-state index is 0.000201. The van der Waals surface area contributed by atoms with E-state index in [2.05, 4.69) is 0 Å². The topological polar surface area (TPSA) is 77.9 Å². The van der Waals surface area contributed by atoms with E-state index in [-0.39, 0.29) is 16.7 Å². The van der Waals surface area contributed by atoms with E-state index in [1.54, 1.807) is 5.01 Å². The largest absolute Gasteiger partial charge is 0.478 e. The van der Waals surface area contributed by atoms with Crippen LogP contribution < -0.4 is 5.01 Å². The highest BCUT2D eigenvalue weighted by Gasteiger charge is 2.40. The van der Waals surface area contributed by atoms with E-state index in [0.29, 0.717) is 12.5 Å². The van der Waals surface area contributed by atoms with Crippen LogP contribution in [0.1, 0.15) is 69.6 Å². The number of benzene rings is 2. The molecule has 150 valence electrons. The minimum Gasteiger partial charge on any atom is -0.478 e. The summed E-state index contributed by atoms with van der Waals surface area (Å²) in [6.45, 7) is 0.561. The summed E-state index contributed by atoms with van der Waals surface area (Å²) in [5.74, 6) is -1.40. The maximum absolute atomic E-state index is 13.1. The van der Waals surface area contributed by atoms with Gasteiger partial charge in [-0.3, -0.25) is 14.6 Å². The zero-order valence-electron chi connectivity index (χ0n) is 16.2. The van der Waals surface area contributed by atoms with Crippen molar-refractivity contribution in [3.8, 4) is 0 Å². The molecule has 2 aromatic rings. The van der Waals surface area contributed by atoms with Crippen molar-refractivity contribution < 1.29 is 19.5 Å². The van der Waals surface area contributed by atoms with E-state index in [1.165, 1.54) is 55.3 Å². The SMILES string of the molecule is O=C(O)c1ccc2c(c1)C(=O)N(N(CCC1CCCCC1)c1ccccc1)C2=O. The molecule has 6 nitrogen and oxygen atoms in total. The van der Waals surface area contributed by atoms with Crippen LogP contribution in [0.3, 0.4) is 0 Å². The third-order valence-electron chi connectivity index (χ3n) is 5.88. The highest BCUT2D eigenvalue weighted by Crippen LogP contribution is 2.31. The molecular formula is C23H24N2O4. The molecule has 0 spiro atoms. The van der Waals surface area contributed by atoms with Gasteiger partial charge in [0.1, 0.15) is 0 Å². The monoisotopic (exact) mass is 392 g/mol. The van der Waals surface area contributed by atoms with Gasteiger partial charge in [-0.05, 0) is 42.7 Å². The Morgan fingerprint density at radius 1 is 0.966 bits per heavy atom. The molecule has 4 rings (SSSR count). The van der Waals surface area contributed by atoms with E-state index < -0.39 is 17.8 Å². The smallest absolute Gasteiger partial charge is 0.335 e. The maximum Gasteiger partial charge on any atom is 0.335 e. The highest BCUT2D eigenvalue weighted by atomic mass is 16.4. The van der Waals surface area contributed by atoms with Crippen molar-refractivity contribution >= 4 is 23.5 Å². The molecule has 0 atom stereocenters. The summed E-state index contributed by atoms with van der Waals surface area (Å²) in [6.07, 6.45) is 7.04. The number of carbonyl (C=O) groups excluding carboxylic acids is 2. The van der Waals surface area contributed by atoms with Crippen molar-refractivity contribution in [1.82, 2.24) is 5.01 Å². The van der Waals surface area contributed by atoms with Gasteiger partial charge in [-0.15, -0.1) is 0 Å². The van der Waals surface area contributed by atoms with Crippen LogP contribution in [0, 0.1) is 5.92 Å². The zero-order valence-corrected chi connectivity index (χ0v) is 16.2. The van der Waals surface area contributed by atoms with Crippen LogP contribution in [-0.2, 0) is 0 Å². The van der Waals surface area contributed by atoms with Crippen LogP contribution in [0.15, 0.2) is 48.5 Å². The number of anilines is 1. The number of rotatable bonds is 6. The molecule has 1 aliphatic carbocycles. The number of hydrogen-bond acceptors (Lipinski definition) is 4. The second-order valence-electron chi connectivity index (χ2n) is 7.74. The quantitative estimate of drug-likeness (QED) is 0.739. The molecule has 0 saturated heterocycles. The number of fused-ring (bicyclic) bond motifs is 1. The van der Waals surface area contributed by atoms with Crippen molar-refractivity contribution in [2.24, 2.45) is 5.92 Å². The molecular weight excluding hydrogens is 368 g/mol. The maximum atomic E-state index is 13.1. The average molecular weight is 392 g/mol. The molecule has 0 bridgehead atoms. The van der Waals surface area contributed by atoms with Gasteiger partial charge in [-0.2, -0.15) is 5.01 Å². The first kappa shape index (κ1) is 19.2. The standard InChI is InChI=1S/C23H24N2O4/c26-21-19-12-11-17(23(28)29)15-20(19)22(27)25(21)24(18-9-5-2-6-10-18)14-13-16-7-3-1-4-8-16/h2,5-6,9-12,15-16H,1,3-4,7-8,13-14H2,(H,28,29). The average Bonchev–Trinajstić information content (AvgIpc) is 3.00. The van der Waals surface area contributed by atoms with Gasteiger partial charge in [0.2, 0.25) is 0 Å². The van der Waals surface area contributed by atoms with Crippen LogP contribution in [0.2, 0.25) is 0 Å². The van der Waals surface area contributed by atoms with Gasteiger partial charge >= 0.3 is 5.97 Å². The normalized spacial score (nSPS) is 16.8. The van der Waals surface area contributed by atoms with Gasteiger partial charge in [0.15, 0.2) is 0 Å². The molecule has 29 heavy (non-hydrogen) atoms. The number of carbonyl (C=O) groups is 3. The number of amides is 2. The summed E-state index contributed by atoms with van der Waals surface area (Å²) >= 11 is 0. The molecule has 1 N–H and O–H groups in total. The van der Waals surface area contributed by atoms with Gasteiger partial charge in [0.05, 0.1) is 22.4 Å². The first-order valence-electron chi connectivity index (χ1n) is 10.1. The molecule has 2 aromatic carbocycles. The van der Waals surface area contributed by atoms with E-state index in [9.17, 15) is 19.5 Å². The number of imide groups is 1. The number of carboxylic acids is 1. The summed E-state index contributed by atoms with van der Waals surface area (Å²) in [4.78, 5) is 37.5. The first-order chi connectivity index (χ1) is 14.1. The second-order valence-corrected chi connectivity index (χ2v) is 7.74. The minimum atomic E-state index is -1.12. The van der Waals surface area contributed by atoms with Gasteiger partial charge < -0.3 is 5.11 Å². The van der Waals surface area contributed by atoms with Gasteiger partial charge in [-0.25, -0.2) is 4.79 Å². The number of carboxylic acid groups (broad SMARTS) is 1. The lowest BCUT2D eigenvalue weighted by molar-refractivity contribution is 0.0629. The molecule has 0 unspecified atom stereocenters. The molecule has 1 fully saturated rings. The van der Waals surface area contributed by atoms with Crippen molar-refractivity contribution in [2.75, 3.05) is 11.6 Å². The van der Waals surface area contributed by atoms with Crippen molar-refractivity contribution in [2.45, 2.75) is 38.5 Å². The molecule has 2 aliphatic rings. The highest BCUT2D eigenvalue weighted by molar-refractivity contribution is 6.22. The number of nitrogens with zero attached hydrogens (tertiary/aromatic N) is 2. The number of para-hydroxylation sites is 1. The van der Waals surface area contributed by atoms with Crippen LogP contribution in [0.25, 0.3) is 0 Å². The first-order valence-corrected chi connectivity index (χ1v) is 10.1. The van der Waals surface area contributed by atoms with Crippen LogP contribution in [-0.4, -0.2) is 34.4 Å². The Balaban J connectivity index is 1.64. The van der Waals surface area contributed by atoms with Crippen LogP contribution >= 0.6 is 0 Å². The van der Waals surface area contributed by atoms with Gasteiger partial charge in [0, 0.05) is 6.54 Å². The van der Waals surface area contributed by atoms with Gasteiger partial charge in [-0.1, -0.05) is 50.3 Å². The molecule has 2 amide bonds. The molecule has 0 radical (unpaired) electrons. The Morgan fingerprint density at radius 3 is 2.34 bits per heavy atom. The lowest BCUT2D eigenvalue weighted by Gasteiger charge is -2.33. The summed E-state index contributed by atoms with van der Waals surface area (Å²) in [7, 11) is 0. The van der Waals surface area contributed by atoms with Crippen molar-refractivity contribution in [1.29, 1.82) is 0 Å². The number of hydrogen-bond donors (Lipinski definition) is 1. The predicted molar refractivity (Wildman–Crippen MR) is 109 cm³/mol. The molecule has 1 heterocycles. The molecule has 1 saturated carbocycles. The third-order valence-corrected chi connectivity index (χ3v) is 5.88. The van der Waals surface area contributed by atoms with Crippen molar-refractivity contribution in [3.63, 3.8) is 0 Å². The Morgan fingerprint density at radius 2 is 1.66 bits per heavy atom. The van der Waals surface area contributed by atoms with E-state index in [4.69, 9.17) is 0 Å². The molecule has 1 aliphatic heterocycles. The fourth-order valence-electron chi connectivity index (χ4n) is 4.31. The van der Waals surface area contributed by atoms with E-state index in [1.807, 2.05) is 30.3 Å². The fraction of sp³-hybridized carbons (Fsp3) is 0.348. The lowest BCUT2D eigenvalue weighted by atomic mass is 9.87. The molecule has 6 heteroatoms. The van der Waals surface area contributed by atoms with E-state index in [0.717, 1.165) is 12.1 Å². The van der Waals surface area contributed by atoms with Crippen LogP contribution in [0.4, 0.5) is 5.69 Å². The summed E-state index contributed by atoms with van der Waals surface area (Å²) in [5.41, 5.74) is 1.17. The predicted octanol–water partition coefficient (Wildman–Crippen LogP) is 4.37. The number of aromatic carboxylic acids is 1. The Hall–Kier alpha value is -3.15. The number of hydrazine groups is 1. The lowest BCUT2D eigenvalue weighted by Crippen LogP contribution is -2.47. The zero-order chi connectivity index (χ0) is 20.4. The second kappa shape index (κ2) is 8.07. The molecule has 0 aromatic heterocycles. The Labute approximate surface area is 169 Å². The Bertz CT molecular complexity index is 935. The summed E-state index contributed by atoms with van der Waals surface area (Å²) in [6, 6.07) is 13.5. The van der Waals surface area contributed by atoms with Crippen molar-refractivity contribution in [3.05, 3.63) is 65.2 Å². The van der Waals surface area contributed by atoms with E-state index >= 15 is 0 Å². The third kappa shape index (κ3) is 3.75. The summed E-state index contributed by atoms with van der Waals surface area (Å²) in [5, 5.41) is 12.2. The van der Waals surface area contributed by atoms with Gasteiger partial charge in [0.25, 0.3) is 11.8 Å². The van der Waals surface area contributed by atoms with Crippen LogP contribution in [0.5, 0.6) is 0 Å². The fourth-order valence-corrected chi connectivity index (χ4v) is 4.31. The summed E-state index contributed by atoms with van der Waals surface area (Å²) < 4.78 is 0.